The quantitative estimate of drug-likeness (QED) is 0.756. The van der Waals surface area contributed by atoms with E-state index in [0.717, 1.165) is 36.6 Å². The van der Waals surface area contributed by atoms with Crippen LogP contribution >= 0.6 is 0 Å². The number of nitrogen functional groups attached to an aromatic ring is 1. The molecule has 0 bridgehead atoms. The second-order valence-electron chi connectivity index (χ2n) is 5.75. The van der Waals surface area contributed by atoms with Crippen molar-refractivity contribution in [2.75, 3.05) is 43.8 Å². The zero-order chi connectivity index (χ0) is 14.9. The molecule has 0 atom stereocenters. The molecule has 118 valence electrons. The van der Waals surface area contributed by atoms with Gasteiger partial charge < -0.3 is 20.7 Å². The van der Waals surface area contributed by atoms with Gasteiger partial charge >= 0.3 is 0 Å². The predicted octanol–water partition coefficient (Wildman–Crippen LogP) is 3.35. The molecule has 0 spiro atoms. The maximum atomic E-state index is 6.17. The Kier molecular flexibility index (Phi) is 6.67. The minimum absolute atomic E-state index is 0.710. The molecule has 0 radical (unpaired) electrons. The number of benzene rings is 1. The van der Waals surface area contributed by atoms with E-state index in [-0.39, 0.29) is 0 Å². The van der Waals surface area contributed by atoms with Crippen molar-refractivity contribution in [1.29, 1.82) is 0 Å². The third-order valence-corrected chi connectivity index (χ3v) is 3.97. The summed E-state index contributed by atoms with van der Waals surface area (Å²) < 4.78 is 5.66. The van der Waals surface area contributed by atoms with E-state index < -0.39 is 0 Å². The number of likely N-dealkylation sites (tertiary alicyclic amines) is 1. The number of nitrogens with two attached hydrogens (primary N) is 1. The standard InChI is InChI=1S/C17H29N3O/c1-2-14-21-16-9-7-8-15(17(16)18)19-10-13-20-11-5-3-4-6-12-20/h7-9,19H,2-6,10-14,18H2,1H3. The lowest BCUT2D eigenvalue weighted by Gasteiger charge is -2.20. The molecule has 0 amide bonds. The summed E-state index contributed by atoms with van der Waals surface area (Å²) in [7, 11) is 0. The monoisotopic (exact) mass is 291 g/mol. The van der Waals surface area contributed by atoms with Crippen LogP contribution in [0.15, 0.2) is 18.2 Å². The Bertz CT molecular complexity index is 414. The van der Waals surface area contributed by atoms with E-state index >= 15 is 0 Å². The number of nitrogens with one attached hydrogen (secondary N) is 1. The van der Waals surface area contributed by atoms with E-state index in [9.17, 15) is 0 Å². The van der Waals surface area contributed by atoms with E-state index in [2.05, 4.69) is 17.1 Å². The van der Waals surface area contributed by atoms with Crippen LogP contribution in [0.2, 0.25) is 0 Å². The normalized spacial score (nSPS) is 16.4. The van der Waals surface area contributed by atoms with Crippen molar-refractivity contribution in [1.82, 2.24) is 4.90 Å². The largest absolute Gasteiger partial charge is 0.491 e. The molecule has 21 heavy (non-hydrogen) atoms. The number of nitrogens with zero attached hydrogens (tertiary/aromatic N) is 1. The Hall–Kier alpha value is -1.42. The summed E-state index contributed by atoms with van der Waals surface area (Å²) in [6.07, 6.45) is 6.43. The van der Waals surface area contributed by atoms with Crippen molar-refractivity contribution in [3.63, 3.8) is 0 Å². The highest BCUT2D eigenvalue weighted by Gasteiger charge is 2.09. The van der Waals surface area contributed by atoms with Gasteiger partial charge in [0.25, 0.3) is 0 Å². The van der Waals surface area contributed by atoms with Crippen molar-refractivity contribution >= 4 is 11.4 Å². The van der Waals surface area contributed by atoms with Gasteiger partial charge in [0.15, 0.2) is 0 Å². The molecule has 1 aromatic rings. The molecule has 1 fully saturated rings. The Morgan fingerprint density at radius 1 is 1.19 bits per heavy atom. The van der Waals surface area contributed by atoms with Gasteiger partial charge in [0.05, 0.1) is 18.0 Å². The van der Waals surface area contributed by atoms with Gasteiger partial charge in [-0.25, -0.2) is 0 Å². The Labute approximate surface area is 128 Å². The molecule has 1 aromatic carbocycles. The summed E-state index contributed by atoms with van der Waals surface area (Å²) in [6.45, 7) is 7.29. The summed E-state index contributed by atoms with van der Waals surface area (Å²) in [5, 5.41) is 3.45. The van der Waals surface area contributed by atoms with Gasteiger partial charge in [0, 0.05) is 13.1 Å². The summed E-state index contributed by atoms with van der Waals surface area (Å²) in [5.74, 6) is 0.789. The van der Waals surface area contributed by atoms with E-state index in [1.54, 1.807) is 0 Å². The Morgan fingerprint density at radius 3 is 2.67 bits per heavy atom. The topological polar surface area (TPSA) is 50.5 Å². The van der Waals surface area contributed by atoms with Gasteiger partial charge in [-0.3, -0.25) is 0 Å². The maximum absolute atomic E-state index is 6.17. The number of hydrogen-bond donors (Lipinski definition) is 2. The zero-order valence-corrected chi connectivity index (χ0v) is 13.2. The molecule has 2 rings (SSSR count). The first-order valence-electron chi connectivity index (χ1n) is 8.28. The molecule has 1 saturated heterocycles. The number of hydrogen-bond acceptors (Lipinski definition) is 4. The highest BCUT2D eigenvalue weighted by molar-refractivity contribution is 5.72. The van der Waals surface area contributed by atoms with Gasteiger partial charge in [-0.15, -0.1) is 0 Å². The fraction of sp³-hybridized carbons (Fsp3) is 0.647. The zero-order valence-electron chi connectivity index (χ0n) is 13.2. The summed E-state index contributed by atoms with van der Waals surface area (Å²) in [4.78, 5) is 2.55. The SMILES string of the molecule is CCCOc1cccc(NCCN2CCCCCC2)c1N. The molecule has 4 nitrogen and oxygen atoms in total. The van der Waals surface area contributed by atoms with Crippen molar-refractivity contribution < 1.29 is 4.74 Å². The van der Waals surface area contributed by atoms with Crippen LogP contribution in [0.3, 0.4) is 0 Å². The highest BCUT2D eigenvalue weighted by atomic mass is 16.5. The molecule has 4 heteroatoms. The third-order valence-electron chi connectivity index (χ3n) is 3.97. The summed E-state index contributed by atoms with van der Waals surface area (Å²) in [5.41, 5.74) is 7.88. The van der Waals surface area contributed by atoms with E-state index in [4.69, 9.17) is 10.5 Å². The van der Waals surface area contributed by atoms with Gasteiger partial charge in [0.2, 0.25) is 0 Å². The smallest absolute Gasteiger partial charge is 0.144 e. The number of rotatable bonds is 7. The minimum Gasteiger partial charge on any atom is -0.491 e. The van der Waals surface area contributed by atoms with Gasteiger partial charge in [-0.2, -0.15) is 0 Å². The van der Waals surface area contributed by atoms with Crippen LogP contribution in [0.4, 0.5) is 11.4 Å². The highest BCUT2D eigenvalue weighted by Crippen LogP contribution is 2.29. The molecule has 0 saturated carbocycles. The second kappa shape index (κ2) is 8.78. The molecule has 0 unspecified atom stereocenters. The fourth-order valence-corrected chi connectivity index (χ4v) is 2.74. The van der Waals surface area contributed by atoms with Crippen LogP contribution < -0.4 is 15.8 Å². The van der Waals surface area contributed by atoms with Gasteiger partial charge in [-0.1, -0.05) is 25.8 Å². The lowest BCUT2D eigenvalue weighted by Crippen LogP contribution is -2.30. The second-order valence-corrected chi connectivity index (χ2v) is 5.75. The summed E-state index contributed by atoms with van der Waals surface area (Å²) >= 11 is 0. The average Bonchev–Trinajstić information content (AvgIpc) is 2.76. The van der Waals surface area contributed by atoms with Crippen molar-refractivity contribution in [3.8, 4) is 5.75 Å². The lowest BCUT2D eigenvalue weighted by atomic mass is 10.2. The van der Waals surface area contributed by atoms with Gasteiger partial charge in [0.1, 0.15) is 5.75 Å². The summed E-state index contributed by atoms with van der Waals surface area (Å²) in [6, 6.07) is 5.96. The molecule has 1 aliphatic rings. The first-order chi connectivity index (χ1) is 10.3. The minimum atomic E-state index is 0.710. The number of anilines is 2. The average molecular weight is 291 g/mol. The first kappa shape index (κ1) is 16.0. The molecular weight excluding hydrogens is 262 g/mol. The van der Waals surface area contributed by atoms with E-state index in [1.807, 2.05) is 18.2 Å². The molecule has 3 N–H and O–H groups in total. The Morgan fingerprint density at radius 2 is 1.95 bits per heavy atom. The maximum Gasteiger partial charge on any atom is 0.144 e. The molecule has 1 aliphatic heterocycles. The van der Waals surface area contributed by atoms with Crippen LogP contribution in [0.25, 0.3) is 0 Å². The van der Waals surface area contributed by atoms with E-state index in [0.29, 0.717) is 6.61 Å². The third kappa shape index (κ3) is 5.12. The van der Waals surface area contributed by atoms with Crippen LogP contribution in [-0.2, 0) is 0 Å². The van der Waals surface area contributed by atoms with Crippen LogP contribution in [0, 0.1) is 0 Å². The number of para-hydroxylation sites is 1. The van der Waals surface area contributed by atoms with Crippen LogP contribution in [0.1, 0.15) is 39.0 Å². The van der Waals surface area contributed by atoms with Crippen LogP contribution in [0.5, 0.6) is 5.75 Å². The van der Waals surface area contributed by atoms with Crippen molar-refractivity contribution in [2.45, 2.75) is 39.0 Å². The lowest BCUT2D eigenvalue weighted by molar-refractivity contribution is 0.296. The molecule has 0 aromatic heterocycles. The number of ether oxygens (including phenoxy) is 1. The predicted molar refractivity (Wildman–Crippen MR) is 90.0 cm³/mol. The van der Waals surface area contributed by atoms with E-state index in [1.165, 1.54) is 38.8 Å². The van der Waals surface area contributed by atoms with Crippen molar-refractivity contribution in [3.05, 3.63) is 18.2 Å². The fourth-order valence-electron chi connectivity index (χ4n) is 2.74. The molecular formula is C17H29N3O. The van der Waals surface area contributed by atoms with Gasteiger partial charge in [-0.05, 0) is 44.5 Å². The Balaban J connectivity index is 1.82. The van der Waals surface area contributed by atoms with Crippen molar-refractivity contribution in [2.24, 2.45) is 0 Å². The first-order valence-corrected chi connectivity index (χ1v) is 8.28. The molecule has 0 aliphatic carbocycles. The van der Waals surface area contributed by atoms with Crippen LogP contribution in [-0.4, -0.2) is 37.7 Å². The molecule has 1 heterocycles.